The summed E-state index contributed by atoms with van der Waals surface area (Å²) in [5.41, 5.74) is 22.1. The maximum atomic E-state index is 13.9. The van der Waals surface area contributed by atoms with Crippen LogP contribution in [0.1, 0.15) is 69.4 Å². The smallest absolute Gasteiger partial charge is 0.329 e. The summed E-state index contributed by atoms with van der Waals surface area (Å²) >= 11 is 0. The average Bonchev–Trinajstić information content (AvgIpc) is 4.12. The molecule has 1 aliphatic heterocycles. The normalized spacial score (nSPS) is 16.0. The number of hydrogen-bond acceptors (Lipinski definition) is 3. The van der Waals surface area contributed by atoms with Gasteiger partial charge in [-0.25, -0.2) is 4.79 Å². The molecule has 3 aliphatic rings. The van der Waals surface area contributed by atoms with E-state index in [4.69, 9.17) is 0 Å². The van der Waals surface area contributed by atoms with Crippen LogP contribution in [0, 0.1) is 0 Å². The lowest BCUT2D eigenvalue weighted by Gasteiger charge is -2.28. The fourth-order valence-electron chi connectivity index (χ4n) is 11.3. The predicted molar refractivity (Wildman–Crippen MR) is 325 cm³/mol. The Balaban J connectivity index is 0.000000350. The molecule has 1 saturated heterocycles. The Bertz CT molecular complexity index is 3560. The van der Waals surface area contributed by atoms with Gasteiger partial charge in [-0.3, -0.25) is 9.80 Å². The molecule has 0 unspecified atom stereocenters. The van der Waals surface area contributed by atoms with Gasteiger partial charge >= 0.3 is 6.03 Å². The maximum Gasteiger partial charge on any atom is 0.329 e. The largest absolute Gasteiger partial charge is 0.356 e. The van der Waals surface area contributed by atoms with E-state index in [-0.39, 0.29) is 16.9 Å². The third-order valence-electron chi connectivity index (χ3n) is 15.3. The van der Waals surface area contributed by atoms with Crippen LogP contribution in [-0.4, -0.2) is 19.1 Å². The van der Waals surface area contributed by atoms with E-state index >= 15 is 0 Å². The van der Waals surface area contributed by atoms with Crippen molar-refractivity contribution in [3.05, 3.63) is 283 Å². The van der Waals surface area contributed by atoms with Crippen molar-refractivity contribution in [2.24, 2.45) is 0 Å². The van der Waals surface area contributed by atoms with E-state index in [0.717, 1.165) is 50.9 Å². The number of urea groups is 1. The van der Waals surface area contributed by atoms with Crippen LogP contribution in [0.3, 0.4) is 0 Å². The Morgan fingerprint density at radius 1 is 0.553 bits per heavy atom. The molecule has 0 aromatic heterocycles. The summed E-state index contributed by atoms with van der Waals surface area (Å²) in [7, 11) is 0. The van der Waals surface area contributed by atoms with Crippen molar-refractivity contribution in [1.29, 1.82) is 0 Å². The van der Waals surface area contributed by atoms with Gasteiger partial charge in [0.05, 0.1) is 0 Å². The number of hydrogen-bond donors (Lipinski definition) is 1. The van der Waals surface area contributed by atoms with Crippen molar-refractivity contribution >= 4 is 57.0 Å². The summed E-state index contributed by atoms with van der Waals surface area (Å²) in [6, 6.07) is 68.1. The number of anilines is 7. The summed E-state index contributed by atoms with van der Waals surface area (Å²) < 4.78 is 0. The molecule has 1 fully saturated rings. The molecule has 0 radical (unpaired) electrons. The van der Waals surface area contributed by atoms with E-state index in [1.807, 2.05) is 71.4 Å². The van der Waals surface area contributed by atoms with Gasteiger partial charge in [0.15, 0.2) is 0 Å². The van der Waals surface area contributed by atoms with Crippen molar-refractivity contribution in [3.8, 4) is 22.3 Å². The molecule has 0 spiro atoms. The van der Waals surface area contributed by atoms with Gasteiger partial charge < -0.3 is 10.2 Å². The van der Waals surface area contributed by atoms with Crippen LogP contribution < -0.4 is 20.0 Å². The standard InChI is InChI=1S/C55H48N4O.C16H18/c1-5-7-13-39(6-2)41-20-26-47(27-21-41)59(49-34-35-51-50-16-11-12-17-52(50)55(3,4)53(51)38-49)48-32-30-46(31-33-48)58-37-36-57(54(58)60)45-28-24-44(25-29-45)56-43-22-18-42(19-23-43)40-14-9-8-10-15-40;1-5-9-12-13-10-7-8-11-15(13)16(3,4)14(12)6-2/h5-35,38,56H,2,36-37H2,1,3-4H3;5-11H,1H2,2-4H3/b7-5-,39-13+;12-9-,14-6+. The quantitative estimate of drug-likeness (QED) is 0.124. The number of carbonyl (C=O) groups excluding carboxylic acids is 1. The number of allylic oxidation sites excluding steroid dienone is 10. The average molecular weight is 991 g/mol. The van der Waals surface area contributed by atoms with E-state index in [1.165, 1.54) is 55.7 Å². The summed E-state index contributed by atoms with van der Waals surface area (Å²) in [5.74, 6) is 0. The van der Waals surface area contributed by atoms with Crippen molar-refractivity contribution in [1.82, 2.24) is 0 Å². The zero-order chi connectivity index (χ0) is 53.0. The molecule has 5 nitrogen and oxygen atoms in total. The first-order valence-electron chi connectivity index (χ1n) is 26.4. The van der Waals surface area contributed by atoms with Crippen LogP contribution >= 0.6 is 0 Å². The summed E-state index contributed by atoms with van der Waals surface area (Å²) in [4.78, 5) is 20.0. The lowest BCUT2D eigenvalue weighted by Crippen LogP contribution is -2.31. The molecule has 2 aliphatic carbocycles. The molecule has 0 bridgehead atoms. The monoisotopic (exact) mass is 991 g/mol. The van der Waals surface area contributed by atoms with Gasteiger partial charge in [-0.2, -0.15) is 0 Å². The first-order chi connectivity index (χ1) is 36.9. The first-order valence-corrected chi connectivity index (χ1v) is 26.4. The van der Waals surface area contributed by atoms with Gasteiger partial charge in [-0.1, -0.05) is 193 Å². The fourth-order valence-corrected chi connectivity index (χ4v) is 11.3. The van der Waals surface area contributed by atoms with Gasteiger partial charge in [-0.05, 0) is 166 Å². The number of nitrogens with zero attached hydrogens (tertiary/aromatic N) is 3. The molecule has 8 aromatic carbocycles. The third kappa shape index (κ3) is 9.69. The molecule has 2 amide bonds. The van der Waals surface area contributed by atoms with Crippen LogP contribution in [0.25, 0.3) is 33.4 Å². The number of amides is 2. The SMILES string of the molecule is C=C/C(=C\C=C/C)c1ccc(N(c2ccc(N3CCN(c4ccc(Nc5ccc(-c6ccccc6)cc5)cc4)C3=O)cc2)c2ccc3c(c2)C(C)(C)c2ccccc2-3)cc1.C=C/C=C1\C(=C/C)C(C)(C)c2ccccc21. The second kappa shape index (κ2) is 21.5. The van der Waals surface area contributed by atoms with E-state index in [0.29, 0.717) is 13.1 Å². The number of fused-ring (bicyclic) bond motifs is 4. The molecule has 1 N–H and O–H groups in total. The lowest BCUT2D eigenvalue weighted by molar-refractivity contribution is 0.256. The van der Waals surface area contributed by atoms with Crippen LogP contribution in [0.4, 0.5) is 44.6 Å². The van der Waals surface area contributed by atoms with Gasteiger partial charge in [0.2, 0.25) is 0 Å². The zero-order valence-corrected chi connectivity index (χ0v) is 44.6. The highest BCUT2D eigenvalue weighted by molar-refractivity contribution is 6.06. The molecule has 8 aromatic rings. The number of carbonyl (C=O) groups is 1. The molecule has 0 saturated carbocycles. The molecule has 76 heavy (non-hydrogen) atoms. The Morgan fingerprint density at radius 2 is 1.07 bits per heavy atom. The minimum atomic E-state index is -0.133. The molecule has 0 atom stereocenters. The maximum absolute atomic E-state index is 13.9. The van der Waals surface area contributed by atoms with Crippen molar-refractivity contribution < 1.29 is 4.79 Å². The van der Waals surface area contributed by atoms with E-state index < -0.39 is 0 Å². The molecule has 1 heterocycles. The topological polar surface area (TPSA) is 38.8 Å². The summed E-state index contributed by atoms with van der Waals surface area (Å²) in [6.07, 6.45) is 14.2. The summed E-state index contributed by atoms with van der Waals surface area (Å²) in [5, 5.41) is 3.50. The second-order valence-electron chi connectivity index (χ2n) is 20.5. The Hall–Kier alpha value is -8.93. The zero-order valence-electron chi connectivity index (χ0n) is 44.6. The third-order valence-corrected chi connectivity index (χ3v) is 15.3. The minimum absolute atomic E-state index is 0.0307. The van der Waals surface area contributed by atoms with E-state index in [1.54, 1.807) is 0 Å². The van der Waals surface area contributed by atoms with Gasteiger partial charge in [0.25, 0.3) is 0 Å². The van der Waals surface area contributed by atoms with Crippen molar-refractivity contribution in [2.45, 2.75) is 52.4 Å². The molecule has 11 rings (SSSR count). The first kappa shape index (κ1) is 50.6. The number of benzene rings is 8. The van der Waals surface area contributed by atoms with Gasteiger partial charge in [0.1, 0.15) is 0 Å². The fraction of sp³-hybridized carbons (Fsp3) is 0.141. The van der Waals surface area contributed by atoms with Crippen molar-refractivity contribution in [3.63, 3.8) is 0 Å². The van der Waals surface area contributed by atoms with Crippen LogP contribution in [-0.2, 0) is 10.8 Å². The van der Waals surface area contributed by atoms with Crippen LogP contribution in [0.5, 0.6) is 0 Å². The molecule has 5 heteroatoms. The molecular formula is C71H66N4O. The highest BCUT2D eigenvalue weighted by Gasteiger charge is 2.38. The lowest BCUT2D eigenvalue weighted by atomic mass is 9.82. The van der Waals surface area contributed by atoms with Crippen LogP contribution in [0.2, 0.25) is 0 Å². The summed E-state index contributed by atoms with van der Waals surface area (Å²) in [6.45, 7) is 22.4. The predicted octanol–water partition coefficient (Wildman–Crippen LogP) is 19.0. The van der Waals surface area contributed by atoms with E-state index in [2.05, 4.69) is 240 Å². The Morgan fingerprint density at radius 3 is 1.66 bits per heavy atom. The van der Waals surface area contributed by atoms with Crippen molar-refractivity contribution in [2.75, 3.05) is 33.1 Å². The van der Waals surface area contributed by atoms with E-state index in [9.17, 15) is 4.79 Å². The van der Waals surface area contributed by atoms with Crippen LogP contribution in [0.15, 0.2) is 255 Å². The Kier molecular flexibility index (Phi) is 14.3. The second-order valence-corrected chi connectivity index (χ2v) is 20.5. The van der Waals surface area contributed by atoms with Gasteiger partial charge in [0, 0.05) is 63.7 Å². The molecular weight excluding hydrogens is 925 g/mol. The number of rotatable bonds is 12. The van der Waals surface area contributed by atoms with Gasteiger partial charge in [-0.15, -0.1) is 0 Å². The number of nitrogens with one attached hydrogen (secondary N) is 1. The highest BCUT2D eigenvalue weighted by atomic mass is 16.2. The Labute approximate surface area is 450 Å². The highest BCUT2D eigenvalue weighted by Crippen LogP contribution is 2.51. The molecule has 376 valence electrons. The minimum Gasteiger partial charge on any atom is -0.356 e.